The molecular weight excluding hydrogens is 386 g/mol. The summed E-state index contributed by atoms with van der Waals surface area (Å²) in [5, 5.41) is 30.3. The number of aliphatic hydroxyl groups excluding tert-OH is 3. The smallest absolute Gasteiger partial charge is 0.0815 e. The van der Waals surface area contributed by atoms with Crippen molar-refractivity contribution in [2.75, 3.05) is 19.6 Å². The Labute approximate surface area is 191 Å². The van der Waals surface area contributed by atoms with Gasteiger partial charge in [0.2, 0.25) is 0 Å². The molecule has 0 aliphatic rings. The van der Waals surface area contributed by atoms with E-state index in [0.29, 0.717) is 13.0 Å². The summed E-state index contributed by atoms with van der Waals surface area (Å²) < 4.78 is 0. The van der Waals surface area contributed by atoms with Gasteiger partial charge in [-0.3, -0.25) is 0 Å². The summed E-state index contributed by atoms with van der Waals surface area (Å²) in [4.78, 5) is 2.41. The van der Waals surface area contributed by atoms with E-state index in [2.05, 4.69) is 18.7 Å². The van der Waals surface area contributed by atoms with Gasteiger partial charge < -0.3 is 20.2 Å². The lowest BCUT2D eigenvalue weighted by atomic mass is 10.0. The summed E-state index contributed by atoms with van der Waals surface area (Å²) in [6, 6.07) is 7.34. The van der Waals surface area contributed by atoms with Crippen molar-refractivity contribution in [3.63, 3.8) is 0 Å². The van der Waals surface area contributed by atoms with Gasteiger partial charge in [0.05, 0.1) is 18.8 Å². The average Bonchev–Trinajstić information content (AvgIpc) is 2.78. The molecule has 2 atom stereocenters. The van der Waals surface area contributed by atoms with Gasteiger partial charge in [-0.2, -0.15) is 0 Å². The number of hydrogen-bond donors (Lipinski definition) is 3. The van der Waals surface area contributed by atoms with Crippen LogP contribution < -0.4 is 0 Å². The van der Waals surface area contributed by atoms with Crippen molar-refractivity contribution in [1.29, 1.82) is 0 Å². The molecule has 180 valence electrons. The minimum absolute atomic E-state index is 0.00481. The second kappa shape index (κ2) is 18.6. The fourth-order valence-electron chi connectivity index (χ4n) is 4.14. The first-order valence-electron chi connectivity index (χ1n) is 12.9. The van der Waals surface area contributed by atoms with Crippen LogP contribution in [0.4, 0.5) is 0 Å². The topological polar surface area (TPSA) is 63.9 Å². The Bertz CT molecular complexity index is 504. The molecule has 0 saturated heterocycles. The maximum absolute atomic E-state index is 10.7. The number of benzene rings is 1. The Morgan fingerprint density at radius 3 is 1.68 bits per heavy atom. The normalized spacial score (nSPS) is 13.6. The van der Waals surface area contributed by atoms with Gasteiger partial charge in [-0.15, -0.1) is 0 Å². The fourth-order valence-corrected chi connectivity index (χ4v) is 4.14. The van der Waals surface area contributed by atoms with E-state index in [9.17, 15) is 10.2 Å². The van der Waals surface area contributed by atoms with E-state index in [1.54, 1.807) is 0 Å². The first-order valence-corrected chi connectivity index (χ1v) is 12.9. The molecule has 1 aromatic carbocycles. The molecule has 31 heavy (non-hydrogen) atoms. The highest BCUT2D eigenvalue weighted by atomic mass is 16.3. The molecule has 0 saturated carbocycles. The molecule has 0 spiro atoms. The molecule has 0 aromatic heterocycles. The first kappa shape index (κ1) is 28.1. The molecule has 3 N–H and O–H groups in total. The quantitative estimate of drug-likeness (QED) is 0.220. The summed E-state index contributed by atoms with van der Waals surface area (Å²) in [6.07, 6.45) is 14.6. The third-order valence-electron chi connectivity index (χ3n) is 6.17. The van der Waals surface area contributed by atoms with Crippen molar-refractivity contribution in [3.8, 4) is 0 Å². The van der Waals surface area contributed by atoms with Gasteiger partial charge in [0.15, 0.2) is 0 Å². The van der Waals surface area contributed by atoms with Gasteiger partial charge in [0, 0.05) is 13.0 Å². The van der Waals surface area contributed by atoms with Crippen LogP contribution in [-0.4, -0.2) is 46.0 Å². The SMILES string of the molecule is CCCCCCCCN(CCCCCCCC)CC(O)CC(O)c1ccc(CO)cc1. The molecule has 4 heteroatoms. The largest absolute Gasteiger partial charge is 0.392 e. The molecule has 1 rings (SSSR count). The second-order valence-electron chi connectivity index (χ2n) is 9.14. The highest BCUT2D eigenvalue weighted by Crippen LogP contribution is 2.20. The zero-order chi connectivity index (χ0) is 22.7. The number of hydrogen-bond acceptors (Lipinski definition) is 4. The van der Waals surface area contributed by atoms with Crippen LogP contribution in [0.3, 0.4) is 0 Å². The highest BCUT2D eigenvalue weighted by Gasteiger charge is 2.17. The van der Waals surface area contributed by atoms with Crippen molar-refractivity contribution in [2.45, 2.75) is 116 Å². The summed E-state index contributed by atoms with van der Waals surface area (Å²) in [5.74, 6) is 0. The summed E-state index contributed by atoms with van der Waals surface area (Å²) in [7, 11) is 0. The van der Waals surface area contributed by atoms with E-state index in [1.165, 1.54) is 77.0 Å². The Kier molecular flexibility index (Phi) is 16.9. The molecule has 0 fully saturated rings. The van der Waals surface area contributed by atoms with Crippen molar-refractivity contribution in [1.82, 2.24) is 4.90 Å². The average molecular weight is 436 g/mol. The third kappa shape index (κ3) is 13.9. The van der Waals surface area contributed by atoms with Gasteiger partial charge >= 0.3 is 0 Å². The molecule has 0 amide bonds. The van der Waals surface area contributed by atoms with E-state index >= 15 is 0 Å². The first-order chi connectivity index (χ1) is 15.1. The summed E-state index contributed by atoms with van der Waals surface area (Å²) >= 11 is 0. The van der Waals surface area contributed by atoms with Crippen LogP contribution in [0.25, 0.3) is 0 Å². The van der Waals surface area contributed by atoms with Gasteiger partial charge in [-0.1, -0.05) is 102 Å². The Morgan fingerprint density at radius 2 is 1.19 bits per heavy atom. The van der Waals surface area contributed by atoms with Crippen molar-refractivity contribution in [2.24, 2.45) is 0 Å². The molecule has 4 nitrogen and oxygen atoms in total. The molecular formula is C27H49NO3. The van der Waals surface area contributed by atoms with E-state index in [4.69, 9.17) is 5.11 Å². The van der Waals surface area contributed by atoms with Gasteiger partial charge in [0.25, 0.3) is 0 Å². The van der Waals surface area contributed by atoms with Gasteiger partial charge in [-0.05, 0) is 37.1 Å². The van der Waals surface area contributed by atoms with E-state index in [0.717, 1.165) is 24.2 Å². The second-order valence-corrected chi connectivity index (χ2v) is 9.14. The van der Waals surface area contributed by atoms with Crippen LogP contribution in [-0.2, 0) is 6.61 Å². The zero-order valence-corrected chi connectivity index (χ0v) is 20.3. The number of unbranched alkanes of at least 4 members (excludes halogenated alkanes) is 10. The fraction of sp³-hybridized carbons (Fsp3) is 0.778. The molecule has 1 aromatic rings. The van der Waals surface area contributed by atoms with Crippen LogP contribution in [0, 0.1) is 0 Å². The van der Waals surface area contributed by atoms with E-state index in [1.807, 2.05) is 24.3 Å². The number of aliphatic hydroxyl groups is 3. The van der Waals surface area contributed by atoms with Gasteiger partial charge in [0.1, 0.15) is 0 Å². The minimum atomic E-state index is -0.673. The molecule has 0 heterocycles. The Morgan fingerprint density at radius 1 is 0.710 bits per heavy atom. The van der Waals surface area contributed by atoms with Crippen LogP contribution >= 0.6 is 0 Å². The number of rotatable bonds is 20. The lowest BCUT2D eigenvalue weighted by Crippen LogP contribution is -2.35. The standard InChI is InChI=1S/C27H49NO3/c1-3-5-7-9-11-13-19-28(20-14-12-10-8-6-4-2)22-26(30)21-27(31)25-17-15-24(23-29)16-18-25/h15-18,26-27,29-31H,3-14,19-23H2,1-2H3. The maximum Gasteiger partial charge on any atom is 0.0815 e. The summed E-state index contributed by atoms with van der Waals surface area (Å²) in [5.41, 5.74) is 1.63. The van der Waals surface area contributed by atoms with Crippen molar-refractivity contribution >= 4 is 0 Å². The van der Waals surface area contributed by atoms with Gasteiger partial charge in [-0.25, -0.2) is 0 Å². The predicted molar refractivity (Wildman–Crippen MR) is 131 cm³/mol. The van der Waals surface area contributed by atoms with Crippen LogP contribution in [0.2, 0.25) is 0 Å². The molecule has 2 unspecified atom stereocenters. The molecule has 0 aliphatic carbocycles. The van der Waals surface area contributed by atoms with E-state index < -0.39 is 12.2 Å². The highest BCUT2D eigenvalue weighted by molar-refractivity contribution is 5.23. The molecule has 0 aliphatic heterocycles. The zero-order valence-electron chi connectivity index (χ0n) is 20.3. The Balaban J connectivity index is 2.43. The lowest BCUT2D eigenvalue weighted by molar-refractivity contribution is 0.0525. The van der Waals surface area contributed by atoms with Crippen LogP contribution in [0.15, 0.2) is 24.3 Å². The molecule has 0 radical (unpaired) electrons. The van der Waals surface area contributed by atoms with Crippen molar-refractivity contribution in [3.05, 3.63) is 35.4 Å². The summed E-state index contributed by atoms with van der Waals surface area (Å²) in [6.45, 7) is 7.22. The Hall–Kier alpha value is -0.940. The van der Waals surface area contributed by atoms with Crippen LogP contribution in [0.1, 0.15) is 115 Å². The van der Waals surface area contributed by atoms with Crippen LogP contribution in [0.5, 0.6) is 0 Å². The molecule has 0 bridgehead atoms. The lowest BCUT2D eigenvalue weighted by Gasteiger charge is -2.26. The number of nitrogens with zero attached hydrogens (tertiary/aromatic N) is 1. The van der Waals surface area contributed by atoms with E-state index in [-0.39, 0.29) is 6.61 Å². The third-order valence-corrected chi connectivity index (χ3v) is 6.17. The monoisotopic (exact) mass is 435 g/mol. The predicted octanol–water partition coefficient (Wildman–Crippen LogP) is 5.99. The maximum atomic E-state index is 10.7. The minimum Gasteiger partial charge on any atom is -0.392 e. The van der Waals surface area contributed by atoms with Crippen molar-refractivity contribution < 1.29 is 15.3 Å².